The van der Waals surface area contributed by atoms with Crippen LogP contribution in [0.5, 0.6) is 11.6 Å². The van der Waals surface area contributed by atoms with E-state index in [1.807, 2.05) is 43.3 Å². The first kappa shape index (κ1) is 15.1. The summed E-state index contributed by atoms with van der Waals surface area (Å²) in [4.78, 5) is 8.64. The van der Waals surface area contributed by atoms with E-state index in [4.69, 9.17) is 9.47 Å². The molecule has 1 aromatic heterocycles. The average molecular weight is 287 g/mol. The van der Waals surface area contributed by atoms with Gasteiger partial charge in [-0.2, -0.15) is 4.98 Å². The zero-order valence-electron chi connectivity index (χ0n) is 12.5. The van der Waals surface area contributed by atoms with E-state index in [0.717, 1.165) is 17.9 Å². The minimum Gasteiger partial charge on any atom is -0.492 e. The Balaban J connectivity index is 1.81. The van der Waals surface area contributed by atoms with Gasteiger partial charge in [-0.05, 0) is 25.5 Å². The van der Waals surface area contributed by atoms with Crippen LogP contribution in [0.3, 0.4) is 0 Å². The predicted molar refractivity (Wildman–Crippen MR) is 83.0 cm³/mol. The number of anilines is 1. The smallest absolute Gasteiger partial charge is 0.226 e. The van der Waals surface area contributed by atoms with Gasteiger partial charge in [0.25, 0.3) is 0 Å². The summed E-state index contributed by atoms with van der Waals surface area (Å²) < 4.78 is 11.1. The molecule has 0 saturated heterocycles. The molecule has 1 aromatic carbocycles. The second-order valence-electron chi connectivity index (χ2n) is 4.61. The predicted octanol–water partition coefficient (Wildman–Crippen LogP) is 3.06. The van der Waals surface area contributed by atoms with Gasteiger partial charge >= 0.3 is 0 Å². The van der Waals surface area contributed by atoms with Crippen LogP contribution in [0, 0.1) is 6.92 Å². The van der Waals surface area contributed by atoms with E-state index in [1.165, 1.54) is 0 Å². The van der Waals surface area contributed by atoms with E-state index in [1.54, 1.807) is 0 Å². The number of nitrogens with zero attached hydrogens (tertiary/aromatic N) is 2. The van der Waals surface area contributed by atoms with Crippen LogP contribution in [-0.4, -0.2) is 29.7 Å². The molecule has 0 bridgehead atoms. The summed E-state index contributed by atoms with van der Waals surface area (Å²) in [5, 5.41) is 3.15. The molecule has 1 heterocycles. The molecular weight excluding hydrogens is 266 g/mol. The van der Waals surface area contributed by atoms with Gasteiger partial charge in [0.1, 0.15) is 12.4 Å². The quantitative estimate of drug-likeness (QED) is 0.756. The van der Waals surface area contributed by atoms with Gasteiger partial charge in [-0.3, -0.25) is 0 Å². The maximum absolute atomic E-state index is 5.60. The van der Waals surface area contributed by atoms with E-state index >= 15 is 0 Å². The standard InChI is InChI=1S/C16H21N3O2/c1-3-10-21-15-12-13(2)18-16(19-15)17-9-11-20-14-7-5-4-6-8-14/h4-8,12H,3,9-11H2,1-2H3,(H,17,18,19). The molecule has 1 N–H and O–H groups in total. The van der Waals surface area contributed by atoms with Crippen molar-refractivity contribution in [3.63, 3.8) is 0 Å². The summed E-state index contributed by atoms with van der Waals surface area (Å²) in [7, 11) is 0. The van der Waals surface area contributed by atoms with Crippen molar-refractivity contribution in [3.05, 3.63) is 42.1 Å². The number of aromatic nitrogens is 2. The maximum atomic E-state index is 5.60. The SMILES string of the molecule is CCCOc1cc(C)nc(NCCOc2ccccc2)n1. The first-order valence-electron chi connectivity index (χ1n) is 7.18. The van der Waals surface area contributed by atoms with Gasteiger partial charge in [0.2, 0.25) is 11.8 Å². The highest BCUT2D eigenvalue weighted by Gasteiger charge is 2.02. The Morgan fingerprint density at radius 1 is 1.05 bits per heavy atom. The van der Waals surface area contributed by atoms with Crippen LogP contribution in [0.15, 0.2) is 36.4 Å². The number of benzene rings is 1. The van der Waals surface area contributed by atoms with Crippen molar-refractivity contribution in [2.75, 3.05) is 25.1 Å². The topological polar surface area (TPSA) is 56.3 Å². The van der Waals surface area contributed by atoms with Crippen LogP contribution < -0.4 is 14.8 Å². The minimum atomic E-state index is 0.548. The van der Waals surface area contributed by atoms with Crippen molar-refractivity contribution in [2.24, 2.45) is 0 Å². The van der Waals surface area contributed by atoms with Gasteiger partial charge in [-0.25, -0.2) is 4.98 Å². The Morgan fingerprint density at radius 3 is 2.62 bits per heavy atom. The maximum Gasteiger partial charge on any atom is 0.226 e. The number of hydrogen-bond acceptors (Lipinski definition) is 5. The van der Waals surface area contributed by atoms with Gasteiger partial charge in [-0.1, -0.05) is 25.1 Å². The molecule has 0 amide bonds. The van der Waals surface area contributed by atoms with Crippen molar-refractivity contribution in [1.82, 2.24) is 9.97 Å². The van der Waals surface area contributed by atoms with Crippen LogP contribution in [0.2, 0.25) is 0 Å². The van der Waals surface area contributed by atoms with Crippen molar-refractivity contribution < 1.29 is 9.47 Å². The van der Waals surface area contributed by atoms with E-state index in [9.17, 15) is 0 Å². The summed E-state index contributed by atoms with van der Waals surface area (Å²) in [6.07, 6.45) is 0.955. The highest BCUT2D eigenvalue weighted by Crippen LogP contribution is 2.12. The van der Waals surface area contributed by atoms with Gasteiger partial charge in [0.15, 0.2) is 0 Å². The normalized spacial score (nSPS) is 10.2. The summed E-state index contributed by atoms with van der Waals surface area (Å²) in [5.74, 6) is 2.03. The first-order chi connectivity index (χ1) is 10.3. The summed E-state index contributed by atoms with van der Waals surface area (Å²) >= 11 is 0. The third-order valence-electron chi connectivity index (χ3n) is 2.68. The van der Waals surface area contributed by atoms with Crippen LogP contribution in [-0.2, 0) is 0 Å². The molecule has 2 aromatic rings. The fraction of sp³-hybridized carbons (Fsp3) is 0.375. The number of hydrogen-bond donors (Lipinski definition) is 1. The van der Waals surface area contributed by atoms with Gasteiger partial charge in [0, 0.05) is 11.8 Å². The molecule has 0 unspecified atom stereocenters. The summed E-state index contributed by atoms with van der Waals surface area (Å²) in [5.41, 5.74) is 0.877. The number of aryl methyl sites for hydroxylation is 1. The number of para-hydroxylation sites is 1. The second kappa shape index (κ2) is 8.09. The molecule has 0 radical (unpaired) electrons. The Bertz CT molecular complexity index is 546. The number of nitrogens with one attached hydrogen (secondary N) is 1. The lowest BCUT2D eigenvalue weighted by molar-refractivity contribution is 0.304. The van der Waals surface area contributed by atoms with Gasteiger partial charge in [0.05, 0.1) is 13.2 Å². The monoisotopic (exact) mass is 287 g/mol. The molecule has 112 valence electrons. The molecule has 21 heavy (non-hydrogen) atoms. The molecule has 0 spiro atoms. The molecule has 0 aliphatic heterocycles. The van der Waals surface area contributed by atoms with Crippen molar-refractivity contribution in [3.8, 4) is 11.6 Å². The number of rotatable bonds is 8. The van der Waals surface area contributed by atoms with Crippen LogP contribution in [0.1, 0.15) is 19.0 Å². The molecule has 0 aliphatic carbocycles. The van der Waals surface area contributed by atoms with E-state index in [2.05, 4.69) is 22.2 Å². The van der Waals surface area contributed by atoms with Crippen LogP contribution in [0.4, 0.5) is 5.95 Å². The molecule has 0 saturated carbocycles. The van der Waals surface area contributed by atoms with Gasteiger partial charge in [-0.15, -0.1) is 0 Å². The average Bonchev–Trinajstić information content (AvgIpc) is 2.50. The molecule has 0 atom stereocenters. The molecule has 0 aliphatic rings. The first-order valence-corrected chi connectivity index (χ1v) is 7.18. The van der Waals surface area contributed by atoms with Crippen LogP contribution >= 0.6 is 0 Å². The van der Waals surface area contributed by atoms with E-state index in [0.29, 0.717) is 31.6 Å². The Morgan fingerprint density at radius 2 is 1.86 bits per heavy atom. The van der Waals surface area contributed by atoms with Crippen molar-refractivity contribution >= 4 is 5.95 Å². The summed E-state index contributed by atoms with van der Waals surface area (Å²) in [6.45, 7) is 5.82. The third kappa shape index (κ3) is 5.30. The zero-order valence-corrected chi connectivity index (χ0v) is 12.5. The lowest BCUT2D eigenvalue weighted by Crippen LogP contribution is -2.14. The Labute approximate surface area is 125 Å². The van der Waals surface area contributed by atoms with E-state index < -0.39 is 0 Å². The molecule has 2 rings (SSSR count). The van der Waals surface area contributed by atoms with Gasteiger partial charge < -0.3 is 14.8 Å². The Kier molecular flexibility index (Phi) is 5.82. The minimum absolute atomic E-state index is 0.548. The third-order valence-corrected chi connectivity index (χ3v) is 2.68. The van der Waals surface area contributed by atoms with Crippen molar-refractivity contribution in [2.45, 2.75) is 20.3 Å². The van der Waals surface area contributed by atoms with E-state index in [-0.39, 0.29) is 0 Å². The number of ether oxygens (including phenoxy) is 2. The lowest BCUT2D eigenvalue weighted by Gasteiger charge is -2.09. The highest BCUT2D eigenvalue weighted by molar-refractivity contribution is 5.30. The van der Waals surface area contributed by atoms with Crippen LogP contribution in [0.25, 0.3) is 0 Å². The largest absolute Gasteiger partial charge is 0.492 e. The fourth-order valence-electron chi connectivity index (χ4n) is 1.75. The molecular formula is C16H21N3O2. The highest BCUT2D eigenvalue weighted by atomic mass is 16.5. The molecule has 5 heteroatoms. The second-order valence-corrected chi connectivity index (χ2v) is 4.61. The Hall–Kier alpha value is -2.30. The molecule has 0 fully saturated rings. The van der Waals surface area contributed by atoms with Crippen molar-refractivity contribution in [1.29, 1.82) is 0 Å². The fourth-order valence-corrected chi connectivity index (χ4v) is 1.75. The summed E-state index contributed by atoms with van der Waals surface area (Å²) in [6, 6.07) is 11.6. The zero-order chi connectivity index (χ0) is 14.9. The lowest BCUT2D eigenvalue weighted by atomic mass is 10.3. The molecule has 5 nitrogen and oxygen atoms in total.